The summed E-state index contributed by atoms with van der Waals surface area (Å²) in [6, 6.07) is 11.3. The normalized spacial score (nSPS) is 18.5. The minimum absolute atomic E-state index is 0.234. The molecule has 1 N–H and O–H groups in total. The predicted molar refractivity (Wildman–Crippen MR) is 115 cm³/mol. The number of allylic oxidation sites excluding steroid dienone is 1. The molecular formula is C21H18Cl2F3N3O2. The first kappa shape index (κ1) is 23.0. The quantitative estimate of drug-likeness (QED) is 0.531. The number of hydrogen-bond acceptors (Lipinski definition) is 3. The number of amides is 2. The molecule has 164 valence electrons. The molecule has 0 saturated heterocycles. The van der Waals surface area contributed by atoms with Crippen molar-refractivity contribution in [3.8, 4) is 5.75 Å². The third-order valence-electron chi connectivity index (χ3n) is 4.56. The lowest BCUT2D eigenvalue weighted by molar-refractivity contribution is -0.274. The van der Waals surface area contributed by atoms with Crippen LogP contribution >= 0.6 is 23.2 Å². The van der Waals surface area contributed by atoms with Gasteiger partial charge >= 0.3 is 12.4 Å². The van der Waals surface area contributed by atoms with E-state index in [1.807, 2.05) is 6.92 Å². The lowest BCUT2D eigenvalue weighted by Crippen LogP contribution is -2.35. The predicted octanol–water partition coefficient (Wildman–Crippen LogP) is 6.64. The molecule has 2 amide bonds. The summed E-state index contributed by atoms with van der Waals surface area (Å²) in [5.74, 6) is -0.386. The Kier molecular flexibility index (Phi) is 6.52. The Balaban J connectivity index is 1.79. The minimum atomic E-state index is -4.79. The number of halogens is 5. The van der Waals surface area contributed by atoms with Crippen LogP contribution in [0.15, 0.2) is 65.2 Å². The van der Waals surface area contributed by atoms with Gasteiger partial charge in [0, 0.05) is 21.2 Å². The van der Waals surface area contributed by atoms with Gasteiger partial charge in [0.2, 0.25) is 0 Å². The van der Waals surface area contributed by atoms with Crippen molar-refractivity contribution >= 4 is 40.6 Å². The van der Waals surface area contributed by atoms with Crippen molar-refractivity contribution in [2.24, 2.45) is 10.5 Å². The van der Waals surface area contributed by atoms with Crippen LogP contribution in [0.25, 0.3) is 0 Å². The molecule has 1 unspecified atom stereocenters. The highest BCUT2D eigenvalue weighted by atomic mass is 35.5. The van der Waals surface area contributed by atoms with E-state index >= 15 is 0 Å². The Morgan fingerprint density at radius 1 is 1.23 bits per heavy atom. The van der Waals surface area contributed by atoms with E-state index in [-0.39, 0.29) is 18.0 Å². The van der Waals surface area contributed by atoms with Gasteiger partial charge in [-0.3, -0.25) is 0 Å². The molecular weight excluding hydrogens is 454 g/mol. The first-order valence-corrected chi connectivity index (χ1v) is 9.83. The minimum Gasteiger partial charge on any atom is -0.406 e. The number of rotatable bonds is 5. The first-order valence-electron chi connectivity index (χ1n) is 9.08. The summed E-state index contributed by atoms with van der Waals surface area (Å²) in [6.07, 6.45) is -4.40. The van der Waals surface area contributed by atoms with Gasteiger partial charge in [-0.25, -0.2) is 9.80 Å². The number of anilines is 1. The molecule has 3 rings (SSSR count). The van der Waals surface area contributed by atoms with Crippen molar-refractivity contribution < 1.29 is 22.7 Å². The van der Waals surface area contributed by atoms with E-state index in [1.165, 1.54) is 17.1 Å². The molecule has 0 aliphatic carbocycles. The van der Waals surface area contributed by atoms with Gasteiger partial charge in [0.05, 0.1) is 12.3 Å². The van der Waals surface area contributed by atoms with Gasteiger partial charge in [-0.15, -0.1) is 13.2 Å². The number of nitrogens with zero attached hydrogens (tertiary/aromatic N) is 2. The van der Waals surface area contributed by atoms with Gasteiger partial charge in [0.1, 0.15) is 5.75 Å². The Hall–Kier alpha value is -2.71. The Labute approximate surface area is 187 Å². The molecule has 31 heavy (non-hydrogen) atoms. The smallest absolute Gasteiger partial charge is 0.406 e. The molecule has 5 nitrogen and oxygen atoms in total. The van der Waals surface area contributed by atoms with Crippen molar-refractivity contribution in [2.45, 2.75) is 19.7 Å². The number of hydrazone groups is 1. The number of carbonyl (C=O) groups is 1. The summed E-state index contributed by atoms with van der Waals surface area (Å²) >= 11 is 12.0. The average molecular weight is 472 g/mol. The van der Waals surface area contributed by atoms with E-state index in [0.29, 0.717) is 22.2 Å². The molecule has 1 aliphatic heterocycles. The van der Waals surface area contributed by atoms with Gasteiger partial charge < -0.3 is 10.1 Å². The van der Waals surface area contributed by atoms with Gasteiger partial charge in [-0.05, 0) is 48.4 Å². The zero-order chi connectivity index (χ0) is 22.8. The number of ether oxygens (including phenoxy) is 1. The number of carbonyl (C=O) groups excluding carboxylic acids is 1. The van der Waals surface area contributed by atoms with Crippen LogP contribution in [0.3, 0.4) is 0 Å². The van der Waals surface area contributed by atoms with Crippen molar-refractivity contribution in [1.82, 2.24) is 5.01 Å². The highest BCUT2D eigenvalue weighted by molar-refractivity contribution is 6.31. The third kappa shape index (κ3) is 5.92. The molecule has 2 aromatic rings. The summed E-state index contributed by atoms with van der Waals surface area (Å²) in [7, 11) is 0. The molecule has 0 radical (unpaired) electrons. The van der Waals surface area contributed by atoms with Gasteiger partial charge in [0.15, 0.2) is 0 Å². The number of hydrogen-bond donors (Lipinski definition) is 1. The van der Waals surface area contributed by atoms with E-state index in [9.17, 15) is 18.0 Å². The van der Waals surface area contributed by atoms with Crippen LogP contribution in [0.4, 0.5) is 23.7 Å². The third-order valence-corrected chi connectivity index (χ3v) is 4.95. The van der Waals surface area contributed by atoms with Crippen LogP contribution in [0, 0.1) is 5.41 Å². The lowest BCUT2D eigenvalue weighted by Gasteiger charge is -2.26. The maximum Gasteiger partial charge on any atom is 0.573 e. The fourth-order valence-electron chi connectivity index (χ4n) is 3.30. The van der Waals surface area contributed by atoms with E-state index in [2.05, 4.69) is 21.7 Å². The Bertz CT molecular complexity index is 1010. The van der Waals surface area contributed by atoms with Crippen LogP contribution in [-0.2, 0) is 0 Å². The molecule has 0 fully saturated rings. The second-order valence-electron chi connectivity index (χ2n) is 7.27. The van der Waals surface area contributed by atoms with E-state index in [0.717, 1.165) is 17.7 Å². The monoisotopic (exact) mass is 471 g/mol. The van der Waals surface area contributed by atoms with Gasteiger partial charge in [-0.1, -0.05) is 48.8 Å². The van der Waals surface area contributed by atoms with Crippen LogP contribution in [-0.4, -0.2) is 29.7 Å². The summed E-state index contributed by atoms with van der Waals surface area (Å²) in [5, 5.41) is 9.34. The average Bonchev–Trinajstić information content (AvgIpc) is 2.99. The van der Waals surface area contributed by atoms with E-state index in [4.69, 9.17) is 23.2 Å². The molecule has 1 aliphatic rings. The fraction of sp³-hybridized carbons (Fsp3) is 0.238. The summed E-state index contributed by atoms with van der Waals surface area (Å²) in [5.41, 5.74) is 1.14. The number of alkyl halides is 3. The summed E-state index contributed by atoms with van der Waals surface area (Å²) < 4.78 is 40.7. The van der Waals surface area contributed by atoms with Crippen LogP contribution in [0.5, 0.6) is 5.75 Å². The molecule has 0 bridgehead atoms. The molecule has 0 aromatic heterocycles. The van der Waals surface area contributed by atoms with Crippen LogP contribution in [0.2, 0.25) is 5.02 Å². The van der Waals surface area contributed by atoms with Crippen LogP contribution < -0.4 is 10.1 Å². The highest BCUT2D eigenvalue weighted by Gasteiger charge is 2.41. The van der Waals surface area contributed by atoms with E-state index in [1.54, 1.807) is 24.3 Å². The number of urea groups is 1. The highest BCUT2D eigenvalue weighted by Crippen LogP contribution is 2.38. The standard InChI is InChI=1S/C21H18Cl2F3N3O2/c1-13(22)11-20(2)12-29(28-18(20)14-3-5-15(23)6-4-14)19(30)27-16-7-9-17(10-8-16)31-21(24,25)26/h3-10H,1,11-12H2,2H3,(H,27,30). The molecule has 2 aromatic carbocycles. The number of benzene rings is 2. The van der Waals surface area contributed by atoms with E-state index < -0.39 is 17.8 Å². The van der Waals surface area contributed by atoms with Crippen molar-refractivity contribution in [2.75, 3.05) is 11.9 Å². The summed E-state index contributed by atoms with van der Waals surface area (Å²) in [4.78, 5) is 12.8. The van der Waals surface area contributed by atoms with Gasteiger partial charge in [0.25, 0.3) is 0 Å². The maximum absolute atomic E-state index is 12.8. The molecule has 1 heterocycles. The molecule has 1 atom stereocenters. The Morgan fingerprint density at radius 2 is 1.84 bits per heavy atom. The Morgan fingerprint density at radius 3 is 2.39 bits per heavy atom. The lowest BCUT2D eigenvalue weighted by atomic mass is 9.79. The van der Waals surface area contributed by atoms with Crippen molar-refractivity contribution in [3.63, 3.8) is 0 Å². The van der Waals surface area contributed by atoms with Crippen molar-refractivity contribution in [1.29, 1.82) is 0 Å². The molecule has 10 heteroatoms. The SMILES string of the molecule is C=C(Cl)CC1(C)CN(C(=O)Nc2ccc(OC(F)(F)F)cc2)N=C1c1ccc(Cl)cc1. The maximum atomic E-state index is 12.8. The zero-order valence-corrected chi connectivity index (χ0v) is 17.9. The summed E-state index contributed by atoms with van der Waals surface area (Å²) in [6.45, 7) is 5.91. The first-order chi connectivity index (χ1) is 14.4. The zero-order valence-electron chi connectivity index (χ0n) is 16.3. The number of nitrogens with one attached hydrogen (secondary N) is 1. The second-order valence-corrected chi connectivity index (χ2v) is 8.24. The fourth-order valence-corrected chi connectivity index (χ4v) is 3.73. The largest absolute Gasteiger partial charge is 0.573 e. The van der Waals surface area contributed by atoms with Crippen molar-refractivity contribution in [3.05, 3.63) is 70.7 Å². The van der Waals surface area contributed by atoms with Gasteiger partial charge in [-0.2, -0.15) is 5.10 Å². The molecule has 0 saturated carbocycles. The second kappa shape index (κ2) is 8.80. The topological polar surface area (TPSA) is 53.9 Å². The van der Waals surface area contributed by atoms with Crippen LogP contribution in [0.1, 0.15) is 18.9 Å². The molecule has 0 spiro atoms.